The molecule has 7 heteroatoms. The quantitative estimate of drug-likeness (QED) is 0.795. The lowest BCUT2D eigenvalue weighted by atomic mass is 9.97. The average Bonchev–Trinajstić information content (AvgIpc) is 3.22. The van der Waals surface area contributed by atoms with E-state index in [1.54, 1.807) is 17.5 Å². The van der Waals surface area contributed by atoms with Crippen LogP contribution in [0.3, 0.4) is 0 Å². The number of hydrogen-bond acceptors (Lipinski definition) is 4. The summed E-state index contributed by atoms with van der Waals surface area (Å²) >= 11 is 1.22. The lowest BCUT2D eigenvalue weighted by Gasteiger charge is -2.31. The van der Waals surface area contributed by atoms with Crippen LogP contribution in [0.5, 0.6) is 0 Å². The molecule has 0 radical (unpaired) electrons. The first-order valence-electron chi connectivity index (χ1n) is 9.32. The van der Waals surface area contributed by atoms with E-state index in [1.807, 2.05) is 38.1 Å². The van der Waals surface area contributed by atoms with Crippen molar-refractivity contribution >= 4 is 27.3 Å². The van der Waals surface area contributed by atoms with Crippen LogP contribution in [0.15, 0.2) is 46.0 Å². The maximum Gasteiger partial charge on any atom is 0.252 e. The van der Waals surface area contributed by atoms with Crippen LogP contribution < -0.4 is 5.32 Å². The van der Waals surface area contributed by atoms with Crippen molar-refractivity contribution in [3.05, 3.63) is 52.9 Å². The van der Waals surface area contributed by atoms with Gasteiger partial charge in [-0.3, -0.25) is 4.79 Å². The third-order valence-corrected chi connectivity index (χ3v) is 8.29. The van der Waals surface area contributed by atoms with Crippen molar-refractivity contribution in [1.82, 2.24) is 9.62 Å². The lowest BCUT2D eigenvalue weighted by molar-refractivity contribution is -0.126. The van der Waals surface area contributed by atoms with Gasteiger partial charge in [-0.05, 0) is 43.2 Å². The molecule has 1 amide bonds. The molecule has 0 saturated carbocycles. The third kappa shape index (κ3) is 4.59. The van der Waals surface area contributed by atoms with Crippen molar-refractivity contribution < 1.29 is 13.2 Å². The molecule has 1 aliphatic heterocycles. The van der Waals surface area contributed by atoms with Crippen LogP contribution in [-0.2, 0) is 14.8 Å². The number of hydrogen-bond donors (Lipinski definition) is 1. The van der Waals surface area contributed by atoms with Gasteiger partial charge in [-0.15, -0.1) is 11.3 Å². The number of sulfonamides is 1. The number of piperidine rings is 1. The number of carbonyl (C=O) groups is 1. The molecule has 0 unspecified atom stereocenters. The topological polar surface area (TPSA) is 66.5 Å². The minimum absolute atomic E-state index is 0.0534. The fraction of sp³-hybridized carbons (Fsp3) is 0.450. The van der Waals surface area contributed by atoms with Crippen molar-refractivity contribution in [2.75, 3.05) is 13.1 Å². The molecule has 0 aliphatic carbocycles. The number of nitrogens with one attached hydrogen (secondary N) is 1. The number of amides is 1. The molecule has 5 nitrogen and oxygen atoms in total. The van der Waals surface area contributed by atoms with Crippen LogP contribution in [0.25, 0.3) is 0 Å². The Morgan fingerprint density at radius 1 is 1.30 bits per heavy atom. The molecule has 1 aliphatic rings. The molecule has 1 fully saturated rings. The molecule has 1 aromatic carbocycles. The van der Waals surface area contributed by atoms with Gasteiger partial charge in [0, 0.05) is 13.1 Å². The Bertz CT molecular complexity index is 861. The summed E-state index contributed by atoms with van der Waals surface area (Å²) < 4.78 is 27.3. The summed E-state index contributed by atoms with van der Waals surface area (Å²) in [6.07, 6.45) is 2.20. The summed E-state index contributed by atoms with van der Waals surface area (Å²) in [5, 5.41) is 4.88. The van der Waals surface area contributed by atoms with Crippen LogP contribution in [0.4, 0.5) is 0 Å². The monoisotopic (exact) mass is 406 g/mol. The Morgan fingerprint density at radius 2 is 2.04 bits per heavy atom. The molecule has 2 aromatic rings. The molecule has 146 valence electrons. The zero-order valence-corrected chi connectivity index (χ0v) is 17.4. The highest BCUT2D eigenvalue weighted by atomic mass is 32.2. The van der Waals surface area contributed by atoms with Gasteiger partial charge >= 0.3 is 0 Å². The van der Waals surface area contributed by atoms with Crippen LogP contribution in [0, 0.1) is 12.8 Å². The lowest BCUT2D eigenvalue weighted by Crippen LogP contribution is -2.45. The molecule has 3 rings (SSSR count). The van der Waals surface area contributed by atoms with E-state index < -0.39 is 10.0 Å². The number of thiophene rings is 1. The van der Waals surface area contributed by atoms with E-state index in [1.165, 1.54) is 21.2 Å². The van der Waals surface area contributed by atoms with E-state index >= 15 is 0 Å². The SMILES string of the molecule is CC[C@@H](NC(=O)[C@@H]1CCCN(S(=O)(=O)c2cccs2)C1)c1ccc(C)cc1. The van der Waals surface area contributed by atoms with E-state index in [2.05, 4.69) is 5.32 Å². The van der Waals surface area contributed by atoms with E-state index in [-0.39, 0.29) is 24.4 Å². The minimum Gasteiger partial charge on any atom is -0.349 e. The molecule has 1 aromatic heterocycles. The van der Waals surface area contributed by atoms with Gasteiger partial charge in [0.25, 0.3) is 10.0 Å². The van der Waals surface area contributed by atoms with Crippen molar-refractivity contribution in [1.29, 1.82) is 0 Å². The summed E-state index contributed by atoms with van der Waals surface area (Å²) in [7, 11) is -3.50. The maximum atomic E-state index is 12.8. The Hall–Kier alpha value is -1.70. The van der Waals surface area contributed by atoms with Crippen molar-refractivity contribution in [2.24, 2.45) is 5.92 Å². The van der Waals surface area contributed by atoms with Gasteiger partial charge < -0.3 is 5.32 Å². The zero-order chi connectivity index (χ0) is 19.4. The molecular formula is C20H26N2O3S2. The largest absolute Gasteiger partial charge is 0.349 e. The van der Waals surface area contributed by atoms with E-state index in [0.717, 1.165) is 12.0 Å². The molecule has 2 heterocycles. The van der Waals surface area contributed by atoms with Crippen LogP contribution in [-0.4, -0.2) is 31.7 Å². The maximum absolute atomic E-state index is 12.8. The zero-order valence-electron chi connectivity index (χ0n) is 15.7. The molecule has 1 saturated heterocycles. The smallest absolute Gasteiger partial charge is 0.252 e. The summed E-state index contributed by atoms with van der Waals surface area (Å²) in [5.74, 6) is -0.374. The van der Waals surface area contributed by atoms with Crippen LogP contribution in [0.2, 0.25) is 0 Å². The highest BCUT2D eigenvalue weighted by molar-refractivity contribution is 7.91. The van der Waals surface area contributed by atoms with Gasteiger partial charge in [0.15, 0.2) is 0 Å². The number of rotatable bonds is 6. The first-order chi connectivity index (χ1) is 12.9. The summed E-state index contributed by atoms with van der Waals surface area (Å²) in [4.78, 5) is 12.8. The Morgan fingerprint density at radius 3 is 2.67 bits per heavy atom. The van der Waals surface area contributed by atoms with E-state index in [0.29, 0.717) is 23.6 Å². The molecular weight excluding hydrogens is 380 g/mol. The van der Waals surface area contributed by atoms with Gasteiger partial charge in [0.2, 0.25) is 5.91 Å². The van der Waals surface area contributed by atoms with Crippen molar-refractivity contribution in [3.8, 4) is 0 Å². The van der Waals surface area contributed by atoms with E-state index in [4.69, 9.17) is 0 Å². The number of aryl methyl sites for hydroxylation is 1. The van der Waals surface area contributed by atoms with Crippen LogP contribution in [0.1, 0.15) is 43.4 Å². The number of carbonyl (C=O) groups excluding carboxylic acids is 1. The third-order valence-electron chi connectivity index (χ3n) is 5.05. The summed E-state index contributed by atoms with van der Waals surface area (Å²) in [6.45, 7) is 4.79. The Kier molecular flexibility index (Phi) is 6.34. The first-order valence-corrected chi connectivity index (χ1v) is 11.6. The molecule has 27 heavy (non-hydrogen) atoms. The van der Waals surface area contributed by atoms with Gasteiger partial charge in [-0.2, -0.15) is 4.31 Å². The van der Waals surface area contributed by atoms with Crippen molar-refractivity contribution in [2.45, 2.75) is 43.4 Å². The predicted octanol–water partition coefficient (Wildman–Crippen LogP) is 3.72. The highest BCUT2D eigenvalue weighted by Gasteiger charge is 2.34. The Balaban J connectivity index is 1.68. The highest BCUT2D eigenvalue weighted by Crippen LogP contribution is 2.27. The number of nitrogens with zero attached hydrogens (tertiary/aromatic N) is 1. The van der Waals surface area contributed by atoms with Gasteiger partial charge in [0.1, 0.15) is 4.21 Å². The molecule has 2 atom stereocenters. The second-order valence-corrected chi connectivity index (χ2v) is 10.1. The first kappa shape index (κ1) is 20.0. The molecule has 0 bridgehead atoms. The number of benzene rings is 1. The second kappa shape index (κ2) is 8.54. The molecule has 1 N–H and O–H groups in total. The fourth-order valence-electron chi connectivity index (χ4n) is 3.42. The average molecular weight is 407 g/mol. The normalized spacial score (nSPS) is 19.6. The van der Waals surface area contributed by atoms with E-state index in [9.17, 15) is 13.2 Å². The van der Waals surface area contributed by atoms with Gasteiger partial charge in [0.05, 0.1) is 12.0 Å². The Labute approximate surface area is 165 Å². The fourth-order valence-corrected chi connectivity index (χ4v) is 6.09. The minimum atomic E-state index is -3.50. The van der Waals surface area contributed by atoms with Crippen molar-refractivity contribution in [3.63, 3.8) is 0 Å². The predicted molar refractivity (Wildman–Crippen MR) is 108 cm³/mol. The summed E-state index contributed by atoms with van der Waals surface area (Å²) in [6, 6.07) is 11.5. The van der Waals surface area contributed by atoms with Gasteiger partial charge in [-0.25, -0.2) is 8.42 Å². The van der Waals surface area contributed by atoms with Gasteiger partial charge in [-0.1, -0.05) is 42.8 Å². The molecule has 0 spiro atoms. The summed E-state index contributed by atoms with van der Waals surface area (Å²) in [5.41, 5.74) is 2.26. The second-order valence-electron chi connectivity index (χ2n) is 7.01. The van der Waals surface area contributed by atoms with Crippen LogP contribution >= 0.6 is 11.3 Å². The standard InChI is InChI=1S/C20H26N2O3S2/c1-3-18(16-10-8-15(2)9-11-16)21-20(23)17-6-4-12-22(14-17)27(24,25)19-7-5-13-26-19/h5,7-11,13,17-18H,3-4,6,12,14H2,1-2H3,(H,21,23)/t17-,18-/m1/s1.